The summed E-state index contributed by atoms with van der Waals surface area (Å²) in [6.07, 6.45) is 1.97. The second-order valence-corrected chi connectivity index (χ2v) is 4.48. The van der Waals surface area contributed by atoms with Crippen LogP contribution in [0, 0.1) is 6.92 Å². The van der Waals surface area contributed by atoms with Crippen LogP contribution in [0.25, 0.3) is 0 Å². The molecule has 0 spiro atoms. The van der Waals surface area contributed by atoms with Crippen LogP contribution in [-0.2, 0) is 0 Å². The fraction of sp³-hybridized carbons (Fsp3) is 0.667. The second kappa shape index (κ2) is 5.31. The van der Waals surface area contributed by atoms with Gasteiger partial charge in [0.05, 0.1) is 5.69 Å². The lowest BCUT2D eigenvalue weighted by atomic mass is 10.2. The van der Waals surface area contributed by atoms with Crippen molar-refractivity contribution in [2.75, 3.05) is 19.6 Å². The van der Waals surface area contributed by atoms with Gasteiger partial charge in [0.2, 0.25) is 5.76 Å². The molecule has 0 bridgehead atoms. The lowest BCUT2D eigenvalue weighted by Gasteiger charge is -2.26. The first-order valence-electron chi connectivity index (χ1n) is 6.17. The van der Waals surface area contributed by atoms with Gasteiger partial charge < -0.3 is 14.7 Å². The van der Waals surface area contributed by atoms with Gasteiger partial charge in [0.1, 0.15) is 0 Å². The van der Waals surface area contributed by atoms with E-state index in [1.165, 1.54) is 0 Å². The fourth-order valence-corrected chi connectivity index (χ4v) is 2.20. The molecular weight excluding hydrogens is 218 g/mol. The Morgan fingerprint density at radius 1 is 1.71 bits per heavy atom. The van der Waals surface area contributed by atoms with E-state index in [0.29, 0.717) is 5.76 Å². The topological polar surface area (TPSA) is 58.4 Å². The van der Waals surface area contributed by atoms with Gasteiger partial charge in [0.25, 0.3) is 5.91 Å². The van der Waals surface area contributed by atoms with Crippen molar-refractivity contribution < 1.29 is 9.32 Å². The zero-order chi connectivity index (χ0) is 12.3. The monoisotopic (exact) mass is 237 g/mol. The first-order chi connectivity index (χ1) is 8.22. The van der Waals surface area contributed by atoms with Crippen molar-refractivity contribution >= 4 is 5.91 Å². The summed E-state index contributed by atoms with van der Waals surface area (Å²) in [6.45, 7) is 6.52. The van der Waals surface area contributed by atoms with E-state index in [0.717, 1.165) is 38.2 Å². The van der Waals surface area contributed by atoms with Crippen LogP contribution < -0.4 is 5.32 Å². The molecule has 1 saturated heterocycles. The lowest BCUT2D eigenvalue weighted by molar-refractivity contribution is 0.0649. The van der Waals surface area contributed by atoms with Crippen molar-refractivity contribution in [3.63, 3.8) is 0 Å². The molecule has 1 N–H and O–H groups in total. The standard InChI is InChI=1S/C12H19N3O2/c1-3-6-15(10-4-5-13-8-10)12(16)11-7-9(2)14-17-11/h7,10,13H,3-6,8H2,1-2H3. The van der Waals surface area contributed by atoms with Crippen LogP contribution in [0.1, 0.15) is 36.0 Å². The van der Waals surface area contributed by atoms with Crippen molar-refractivity contribution in [1.82, 2.24) is 15.4 Å². The number of carbonyl (C=O) groups excluding carboxylic acids is 1. The molecule has 1 aromatic rings. The Morgan fingerprint density at radius 3 is 3.06 bits per heavy atom. The zero-order valence-electron chi connectivity index (χ0n) is 10.4. The molecule has 94 valence electrons. The molecule has 5 heteroatoms. The third kappa shape index (κ3) is 2.66. The third-order valence-corrected chi connectivity index (χ3v) is 3.04. The number of carbonyl (C=O) groups is 1. The van der Waals surface area contributed by atoms with Crippen molar-refractivity contribution in [2.45, 2.75) is 32.7 Å². The molecule has 0 aromatic carbocycles. The molecule has 1 unspecified atom stereocenters. The molecule has 0 aliphatic carbocycles. The van der Waals surface area contributed by atoms with Crippen LogP contribution in [0.15, 0.2) is 10.6 Å². The van der Waals surface area contributed by atoms with Crippen LogP contribution in [0.3, 0.4) is 0 Å². The summed E-state index contributed by atoms with van der Waals surface area (Å²) in [5.41, 5.74) is 0.745. The maximum absolute atomic E-state index is 12.3. The predicted octanol–water partition coefficient (Wildman–Crippen LogP) is 1.20. The molecule has 1 aliphatic rings. The number of aryl methyl sites for hydroxylation is 1. The minimum Gasteiger partial charge on any atom is -0.351 e. The maximum Gasteiger partial charge on any atom is 0.292 e. The first-order valence-corrected chi connectivity index (χ1v) is 6.17. The summed E-state index contributed by atoms with van der Waals surface area (Å²) in [5, 5.41) is 7.05. The summed E-state index contributed by atoms with van der Waals surface area (Å²) in [7, 11) is 0. The van der Waals surface area contributed by atoms with E-state index in [2.05, 4.69) is 17.4 Å². The summed E-state index contributed by atoms with van der Waals surface area (Å²) < 4.78 is 5.05. The van der Waals surface area contributed by atoms with E-state index in [9.17, 15) is 4.79 Å². The van der Waals surface area contributed by atoms with Crippen molar-refractivity contribution in [3.05, 3.63) is 17.5 Å². The molecule has 1 aromatic heterocycles. The molecule has 1 fully saturated rings. The smallest absolute Gasteiger partial charge is 0.292 e. The minimum atomic E-state index is -0.0406. The van der Waals surface area contributed by atoms with Gasteiger partial charge in [-0.1, -0.05) is 12.1 Å². The molecule has 1 aliphatic heterocycles. The van der Waals surface area contributed by atoms with Gasteiger partial charge in [-0.05, 0) is 26.3 Å². The Balaban J connectivity index is 2.12. The van der Waals surface area contributed by atoms with E-state index in [4.69, 9.17) is 4.52 Å². The normalized spacial score (nSPS) is 19.5. The molecule has 2 rings (SSSR count). The van der Waals surface area contributed by atoms with Crippen molar-refractivity contribution in [1.29, 1.82) is 0 Å². The van der Waals surface area contributed by atoms with Gasteiger partial charge in [-0.3, -0.25) is 4.79 Å². The third-order valence-electron chi connectivity index (χ3n) is 3.04. The van der Waals surface area contributed by atoms with Gasteiger partial charge in [0, 0.05) is 25.2 Å². The van der Waals surface area contributed by atoms with Crippen LogP contribution >= 0.6 is 0 Å². The van der Waals surface area contributed by atoms with E-state index in [-0.39, 0.29) is 11.9 Å². The zero-order valence-corrected chi connectivity index (χ0v) is 10.4. The van der Waals surface area contributed by atoms with Crippen LogP contribution in [-0.4, -0.2) is 41.6 Å². The molecule has 0 saturated carbocycles. The molecule has 5 nitrogen and oxygen atoms in total. The molecule has 0 radical (unpaired) electrons. The second-order valence-electron chi connectivity index (χ2n) is 4.48. The Kier molecular flexibility index (Phi) is 3.78. The highest BCUT2D eigenvalue weighted by molar-refractivity contribution is 5.91. The predicted molar refractivity (Wildman–Crippen MR) is 63.8 cm³/mol. The van der Waals surface area contributed by atoms with E-state index in [1.807, 2.05) is 11.8 Å². The van der Waals surface area contributed by atoms with E-state index in [1.54, 1.807) is 6.07 Å². The Morgan fingerprint density at radius 2 is 2.53 bits per heavy atom. The molecule has 1 amide bonds. The molecule has 1 atom stereocenters. The lowest BCUT2D eigenvalue weighted by Crippen LogP contribution is -2.41. The summed E-state index contributed by atoms with van der Waals surface area (Å²) >= 11 is 0. The van der Waals surface area contributed by atoms with Gasteiger partial charge in [0.15, 0.2) is 0 Å². The number of amides is 1. The van der Waals surface area contributed by atoms with Gasteiger partial charge in [-0.15, -0.1) is 0 Å². The Bertz CT molecular complexity index is 383. The fourth-order valence-electron chi connectivity index (χ4n) is 2.20. The molecule has 17 heavy (non-hydrogen) atoms. The number of nitrogens with zero attached hydrogens (tertiary/aromatic N) is 2. The van der Waals surface area contributed by atoms with E-state index < -0.39 is 0 Å². The number of nitrogens with one attached hydrogen (secondary N) is 1. The summed E-state index contributed by atoms with van der Waals surface area (Å²) in [4.78, 5) is 14.2. The van der Waals surface area contributed by atoms with Crippen LogP contribution in [0.4, 0.5) is 0 Å². The molecular formula is C12H19N3O2. The Labute approximate surface area is 101 Å². The van der Waals surface area contributed by atoms with Crippen molar-refractivity contribution in [3.8, 4) is 0 Å². The maximum atomic E-state index is 12.3. The number of rotatable bonds is 4. The quantitative estimate of drug-likeness (QED) is 0.854. The van der Waals surface area contributed by atoms with Crippen molar-refractivity contribution in [2.24, 2.45) is 0 Å². The van der Waals surface area contributed by atoms with Crippen LogP contribution in [0.2, 0.25) is 0 Å². The first kappa shape index (κ1) is 12.1. The van der Waals surface area contributed by atoms with E-state index >= 15 is 0 Å². The molecule has 2 heterocycles. The summed E-state index contributed by atoms with van der Waals surface area (Å²) in [6, 6.07) is 1.99. The largest absolute Gasteiger partial charge is 0.351 e. The average molecular weight is 237 g/mol. The van der Waals surface area contributed by atoms with Crippen LogP contribution in [0.5, 0.6) is 0 Å². The highest BCUT2D eigenvalue weighted by Crippen LogP contribution is 2.14. The number of hydrogen-bond donors (Lipinski definition) is 1. The summed E-state index contributed by atoms with van der Waals surface area (Å²) in [5.74, 6) is 0.309. The SMILES string of the molecule is CCCN(C(=O)c1cc(C)no1)C1CCNC1. The Hall–Kier alpha value is -1.36. The van der Waals surface area contributed by atoms with Gasteiger partial charge >= 0.3 is 0 Å². The highest BCUT2D eigenvalue weighted by Gasteiger charge is 2.28. The average Bonchev–Trinajstić information content (AvgIpc) is 2.95. The highest BCUT2D eigenvalue weighted by atomic mass is 16.5. The minimum absolute atomic E-state index is 0.0406. The van der Waals surface area contributed by atoms with Gasteiger partial charge in [-0.25, -0.2) is 0 Å². The number of aromatic nitrogens is 1. The van der Waals surface area contributed by atoms with Gasteiger partial charge in [-0.2, -0.15) is 0 Å². The number of hydrogen-bond acceptors (Lipinski definition) is 4.